The summed E-state index contributed by atoms with van der Waals surface area (Å²) in [5.41, 5.74) is 5.65. The fraction of sp³-hybridized carbons (Fsp3) is 0.222. The molecular weight excluding hydrogens is 315 g/mol. The van der Waals surface area contributed by atoms with E-state index in [9.17, 15) is 0 Å². The van der Waals surface area contributed by atoms with Crippen LogP contribution >= 0.6 is 23.2 Å². The molecule has 0 atom stereocenters. The zero-order valence-electron chi connectivity index (χ0n) is 13.1. The summed E-state index contributed by atoms with van der Waals surface area (Å²) in [6, 6.07) is 11.3. The summed E-state index contributed by atoms with van der Waals surface area (Å²) in [5.74, 6) is 0. The number of aliphatic imine (C=N–C) groups is 2. The molecule has 114 valence electrons. The van der Waals surface area contributed by atoms with Crippen LogP contribution in [0.2, 0.25) is 10.0 Å². The highest BCUT2D eigenvalue weighted by atomic mass is 35.5. The van der Waals surface area contributed by atoms with Gasteiger partial charge in [0, 0.05) is 10.0 Å². The van der Waals surface area contributed by atoms with Crippen molar-refractivity contribution in [1.82, 2.24) is 0 Å². The molecule has 2 aromatic carbocycles. The van der Waals surface area contributed by atoms with Crippen molar-refractivity contribution in [3.63, 3.8) is 0 Å². The second kappa shape index (κ2) is 7.08. The maximum Gasteiger partial charge on any atom is 0.0663 e. The predicted octanol–water partition coefficient (Wildman–Crippen LogP) is 6.50. The van der Waals surface area contributed by atoms with Gasteiger partial charge in [-0.25, -0.2) is 0 Å². The van der Waals surface area contributed by atoms with Crippen molar-refractivity contribution in [2.75, 3.05) is 0 Å². The van der Waals surface area contributed by atoms with Crippen LogP contribution < -0.4 is 0 Å². The van der Waals surface area contributed by atoms with E-state index >= 15 is 0 Å². The molecule has 0 saturated heterocycles. The predicted molar refractivity (Wildman–Crippen MR) is 97.9 cm³/mol. The Labute approximate surface area is 141 Å². The van der Waals surface area contributed by atoms with Gasteiger partial charge in [0.1, 0.15) is 0 Å². The van der Waals surface area contributed by atoms with Gasteiger partial charge in [0.05, 0.1) is 22.8 Å². The molecule has 0 aliphatic heterocycles. The standard InChI is InChI=1S/C18H18Cl2N2/c1-11-9-15(19)5-7-17(11)21-13(3)14(4)22-18-8-6-16(20)10-12(18)2/h5-10H,1-4H3. The molecule has 0 spiro atoms. The summed E-state index contributed by atoms with van der Waals surface area (Å²) < 4.78 is 0. The topological polar surface area (TPSA) is 24.7 Å². The molecule has 0 N–H and O–H groups in total. The lowest BCUT2D eigenvalue weighted by Crippen LogP contribution is -2.04. The van der Waals surface area contributed by atoms with Crippen molar-refractivity contribution in [3.8, 4) is 0 Å². The number of halogens is 2. The molecule has 0 heterocycles. The van der Waals surface area contributed by atoms with Crippen molar-refractivity contribution in [2.24, 2.45) is 9.98 Å². The first kappa shape index (κ1) is 16.7. The van der Waals surface area contributed by atoms with E-state index < -0.39 is 0 Å². The molecule has 0 aliphatic carbocycles. The summed E-state index contributed by atoms with van der Waals surface area (Å²) in [7, 11) is 0. The third kappa shape index (κ3) is 4.19. The molecule has 2 nitrogen and oxygen atoms in total. The first-order valence-corrected chi connectivity index (χ1v) is 7.75. The SMILES string of the molecule is CC(=Nc1ccc(Cl)cc1C)C(C)=Nc1ccc(Cl)cc1C. The van der Waals surface area contributed by atoms with Crippen LogP contribution in [0.5, 0.6) is 0 Å². The third-order valence-corrected chi connectivity index (χ3v) is 3.89. The van der Waals surface area contributed by atoms with Crippen LogP contribution in [0.15, 0.2) is 46.4 Å². The van der Waals surface area contributed by atoms with Gasteiger partial charge in [0.25, 0.3) is 0 Å². The Morgan fingerprint density at radius 2 is 1.09 bits per heavy atom. The monoisotopic (exact) mass is 332 g/mol. The van der Waals surface area contributed by atoms with E-state index in [0.29, 0.717) is 0 Å². The molecule has 0 aromatic heterocycles. The summed E-state index contributed by atoms with van der Waals surface area (Å²) >= 11 is 11.9. The average Bonchev–Trinajstić information content (AvgIpc) is 2.44. The van der Waals surface area contributed by atoms with Gasteiger partial charge in [-0.2, -0.15) is 0 Å². The maximum absolute atomic E-state index is 5.97. The average molecular weight is 333 g/mol. The number of benzene rings is 2. The minimum Gasteiger partial charge on any atom is -0.252 e. The van der Waals surface area contributed by atoms with E-state index in [2.05, 4.69) is 9.98 Å². The van der Waals surface area contributed by atoms with Gasteiger partial charge >= 0.3 is 0 Å². The molecule has 0 amide bonds. The molecule has 0 saturated carbocycles. The molecule has 2 aromatic rings. The first-order chi connectivity index (χ1) is 10.4. The molecule has 0 bridgehead atoms. The largest absolute Gasteiger partial charge is 0.252 e. The molecule has 4 heteroatoms. The lowest BCUT2D eigenvalue weighted by Gasteiger charge is -2.06. The van der Waals surface area contributed by atoms with Crippen LogP contribution in [0.4, 0.5) is 11.4 Å². The molecule has 0 aliphatic rings. The normalized spacial score (nSPS) is 12.6. The zero-order chi connectivity index (χ0) is 16.3. The highest BCUT2D eigenvalue weighted by Crippen LogP contribution is 2.24. The Balaban J connectivity index is 2.33. The molecule has 0 unspecified atom stereocenters. The van der Waals surface area contributed by atoms with E-state index in [1.165, 1.54) is 0 Å². The maximum atomic E-state index is 5.97. The van der Waals surface area contributed by atoms with E-state index in [4.69, 9.17) is 23.2 Å². The van der Waals surface area contributed by atoms with E-state index in [0.717, 1.165) is 44.0 Å². The summed E-state index contributed by atoms with van der Waals surface area (Å²) in [6.45, 7) is 7.90. The van der Waals surface area contributed by atoms with Gasteiger partial charge < -0.3 is 0 Å². The van der Waals surface area contributed by atoms with E-state index in [1.807, 2.05) is 64.1 Å². The first-order valence-electron chi connectivity index (χ1n) is 7.00. The lowest BCUT2D eigenvalue weighted by molar-refractivity contribution is 1.38. The van der Waals surface area contributed by atoms with Crippen molar-refractivity contribution >= 4 is 46.0 Å². The Morgan fingerprint density at radius 3 is 1.41 bits per heavy atom. The summed E-state index contributed by atoms with van der Waals surface area (Å²) in [4.78, 5) is 9.29. The molecule has 0 fully saturated rings. The highest BCUT2D eigenvalue weighted by Gasteiger charge is 2.03. The number of hydrogen-bond donors (Lipinski definition) is 0. The Hall–Kier alpha value is -1.64. The fourth-order valence-corrected chi connectivity index (χ4v) is 2.47. The van der Waals surface area contributed by atoms with Gasteiger partial charge in [0.2, 0.25) is 0 Å². The lowest BCUT2D eigenvalue weighted by atomic mass is 10.2. The van der Waals surface area contributed by atoms with E-state index in [-0.39, 0.29) is 0 Å². The number of aryl methyl sites for hydroxylation is 2. The Bertz CT molecular complexity index is 696. The van der Waals surface area contributed by atoms with Crippen molar-refractivity contribution in [1.29, 1.82) is 0 Å². The van der Waals surface area contributed by atoms with Gasteiger partial charge in [-0.3, -0.25) is 9.98 Å². The van der Waals surface area contributed by atoms with E-state index in [1.54, 1.807) is 0 Å². The number of nitrogens with zero attached hydrogens (tertiary/aromatic N) is 2. The Kier molecular flexibility index (Phi) is 5.38. The minimum absolute atomic E-state index is 0.719. The quantitative estimate of drug-likeness (QED) is 0.573. The van der Waals surface area contributed by atoms with Gasteiger partial charge in [-0.1, -0.05) is 23.2 Å². The molecular formula is C18H18Cl2N2. The second-order valence-corrected chi connectivity index (χ2v) is 6.13. The smallest absolute Gasteiger partial charge is 0.0663 e. The molecule has 22 heavy (non-hydrogen) atoms. The third-order valence-electron chi connectivity index (χ3n) is 3.42. The number of rotatable bonds is 3. The van der Waals surface area contributed by atoms with Gasteiger partial charge in [-0.15, -0.1) is 0 Å². The second-order valence-electron chi connectivity index (χ2n) is 5.26. The van der Waals surface area contributed by atoms with Crippen molar-refractivity contribution < 1.29 is 0 Å². The van der Waals surface area contributed by atoms with Crippen LogP contribution in [-0.2, 0) is 0 Å². The number of hydrogen-bond acceptors (Lipinski definition) is 2. The van der Waals surface area contributed by atoms with Crippen LogP contribution in [0.25, 0.3) is 0 Å². The van der Waals surface area contributed by atoms with Crippen LogP contribution in [0.3, 0.4) is 0 Å². The molecule has 2 rings (SSSR count). The summed E-state index contributed by atoms with van der Waals surface area (Å²) in [6.07, 6.45) is 0. The van der Waals surface area contributed by atoms with Crippen molar-refractivity contribution in [3.05, 3.63) is 57.6 Å². The van der Waals surface area contributed by atoms with Crippen LogP contribution in [0, 0.1) is 13.8 Å². The van der Waals surface area contributed by atoms with Crippen LogP contribution in [-0.4, -0.2) is 11.4 Å². The van der Waals surface area contributed by atoms with Crippen molar-refractivity contribution in [2.45, 2.75) is 27.7 Å². The zero-order valence-corrected chi connectivity index (χ0v) is 14.6. The molecule has 0 radical (unpaired) electrons. The Morgan fingerprint density at radius 1 is 0.727 bits per heavy atom. The fourth-order valence-electron chi connectivity index (χ4n) is 2.01. The van der Waals surface area contributed by atoms with Crippen LogP contribution in [0.1, 0.15) is 25.0 Å². The van der Waals surface area contributed by atoms with Gasteiger partial charge in [0.15, 0.2) is 0 Å². The summed E-state index contributed by atoms with van der Waals surface area (Å²) in [5, 5.41) is 1.44. The highest BCUT2D eigenvalue weighted by molar-refractivity contribution is 6.41. The minimum atomic E-state index is 0.719. The van der Waals surface area contributed by atoms with Gasteiger partial charge in [-0.05, 0) is 75.2 Å².